The summed E-state index contributed by atoms with van der Waals surface area (Å²) in [5.74, 6) is -1.94. The van der Waals surface area contributed by atoms with Crippen molar-refractivity contribution < 1.29 is 23.1 Å². The van der Waals surface area contributed by atoms with E-state index in [9.17, 15) is 14.0 Å². The molecule has 0 radical (unpaired) electrons. The lowest BCUT2D eigenvalue weighted by atomic mass is 9.83. The number of hydrogen-bond acceptors (Lipinski definition) is 6. The van der Waals surface area contributed by atoms with E-state index in [1.54, 1.807) is 25.3 Å². The van der Waals surface area contributed by atoms with Gasteiger partial charge in [-0.05, 0) is 40.3 Å². The SMILES string of the molecule is CC(=O)NC[C@H]1CN(C2(c3nnnn3C)C=CC(c3cccc(F)c3)C(F)=C2)C(=O)O1. The largest absolute Gasteiger partial charge is 0.442 e. The quantitative estimate of drug-likeness (QED) is 0.725. The Morgan fingerprint density at radius 3 is 2.84 bits per heavy atom. The van der Waals surface area contributed by atoms with Crippen LogP contribution in [0.4, 0.5) is 13.6 Å². The minimum absolute atomic E-state index is 0.0741. The second-order valence-electron chi connectivity index (χ2n) is 7.43. The highest BCUT2D eigenvalue weighted by Crippen LogP contribution is 2.42. The summed E-state index contributed by atoms with van der Waals surface area (Å²) >= 11 is 0. The molecule has 2 unspecified atom stereocenters. The molecule has 2 aliphatic rings. The molecule has 1 saturated heterocycles. The number of tetrazole rings is 1. The van der Waals surface area contributed by atoms with Crippen molar-refractivity contribution in [2.75, 3.05) is 13.1 Å². The number of amides is 2. The lowest BCUT2D eigenvalue weighted by molar-refractivity contribution is -0.119. The number of aromatic nitrogens is 4. The second kappa shape index (κ2) is 7.89. The van der Waals surface area contributed by atoms with Gasteiger partial charge in [0.25, 0.3) is 0 Å². The van der Waals surface area contributed by atoms with Crippen molar-refractivity contribution in [1.29, 1.82) is 0 Å². The van der Waals surface area contributed by atoms with Crippen LogP contribution in [0.3, 0.4) is 0 Å². The Morgan fingerprint density at radius 1 is 1.39 bits per heavy atom. The first-order valence-electron chi connectivity index (χ1n) is 9.59. The molecule has 1 fully saturated rings. The molecule has 1 aromatic heterocycles. The number of ether oxygens (including phenoxy) is 1. The molecule has 0 bridgehead atoms. The van der Waals surface area contributed by atoms with Gasteiger partial charge in [-0.25, -0.2) is 18.3 Å². The number of rotatable bonds is 5. The molecule has 0 saturated carbocycles. The number of cyclic esters (lactones) is 1. The minimum atomic E-state index is -1.45. The van der Waals surface area contributed by atoms with Crippen molar-refractivity contribution >= 4 is 12.0 Å². The topological polar surface area (TPSA) is 102 Å². The molecule has 1 aromatic carbocycles. The van der Waals surface area contributed by atoms with Crippen molar-refractivity contribution in [3.63, 3.8) is 0 Å². The van der Waals surface area contributed by atoms with Crippen LogP contribution >= 0.6 is 0 Å². The molecule has 2 amide bonds. The summed E-state index contributed by atoms with van der Waals surface area (Å²) < 4.78 is 35.7. The van der Waals surface area contributed by atoms with E-state index in [1.165, 1.54) is 40.8 Å². The third kappa shape index (κ3) is 3.78. The number of benzene rings is 1. The van der Waals surface area contributed by atoms with Gasteiger partial charge in [0.1, 0.15) is 23.3 Å². The molecule has 1 aliphatic heterocycles. The van der Waals surface area contributed by atoms with Crippen LogP contribution in [0.25, 0.3) is 0 Å². The Kier molecular flexibility index (Phi) is 5.25. The molecule has 9 nitrogen and oxygen atoms in total. The molecule has 31 heavy (non-hydrogen) atoms. The summed E-state index contributed by atoms with van der Waals surface area (Å²) in [7, 11) is 1.57. The van der Waals surface area contributed by atoms with Crippen LogP contribution in [-0.2, 0) is 22.1 Å². The number of hydrogen-bond donors (Lipinski definition) is 1. The number of aryl methyl sites for hydroxylation is 1. The molecule has 162 valence electrons. The van der Waals surface area contributed by atoms with Crippen molar-refractivity contribution in [2.45, 2.75) is 24.5 Å². The Balaban J connectivity index is 1.72. The maximum Gasteiger partial charge on any atom is 0.411 e. The van der Waals surface area contributed by atoms with Gasteiger partial charge in [-0.1, -0.05) is 18.2 Å². The van der Waals surface area contributed by atoms with Crippen LogP contribution in [-0.4, -0.2) is 56.3 Å². The van der Waals surface area contributed by atoms with Crippen LogP contribution in [0, 0.1) is 5.82 Å². The summed E-state index contributed by atoms with van der Waals surface area (Å²) in [4.78, 5) is 25.2. The van der Waals surface area contributed by atoms with E-state index >= 15 is 4.39 Å². The van der Waals surface area contributed by atoms with Gasteiger partial charge in [0.15, 0.2) is 5.82 Å². The van der Waals surface area contributed by atoms with E-state index in [-0.39, 0.29) is 24.8 Å². The number of carbonyl (C=O) groups is 2. The zero-order valence-corrected chi connectivity index (χ0v) is 16.8. The Morgan fingerprint density at radius 2 is 2.19 bits per heavy atom. The molecule has 11 heteroatoms. The fourth-order valence-electron chi connectivity index (χ4n) is 3.84. The number of halogens is 2. The predicted molar refractivity (Wildman–Crippen MR) is 104 cm³/mol. The fourth-order valence-corrected chi connectivity index (χ4v) is 3.84. The third-order valence-corrected chi connectivity index (χ3v) is 5.28. The summed E-state index contributed by atoms with van der Waals surface area (Å²) in [6, 6.07) is 5.66. The monoisotopic (exact) mass is 430 g/mol. The van der Waals surface area contributed by atoms with Gasteiger partial charge in [-0.3, -0.25) is 9.69 Å². The van der Waals surface area contributed by atoms with Gasteiger partial charge in [0.05, 0.1) is 19.0 Å². The van der Waals surface area contributed by atoms with Gasteiger partial charge in [0, 0.05) is 14.0 Å². The first-order valence-corrected chi connectivity index (χ1v) is 9.59. The number of allylic oxidation sites excluding steroid dienone is 2. The maximum absolute atomic E-state index is 15.4. The minimum Gasteiger partial charge on any atom is -0.442 e. The first kappa shape index (κ1) is 20.6. The Bertz CT molecular complexity index is 1080. The van der Waals surface area contributed by atoms with Crippen molar-refractivity contribution in [1.82, 2.24) is 30.4 Å². The van der Waals surface area contributed by atoms with Gasteiger partial charge in [-0.2, -0.15) is 0 Å². The molecule has 2 heterocycles. The molecule has 4 rings (SSSR count). The van der Waals surface area contributed by atoms with Crippen LogP contribution < -0.4 is 5.32 Å². The summed E-state index contributed by atoms with van der Waals surface area (Å²) in [5.41, 5.74) is -1.02. The summed E-state index contributed by atoms with van der Waals surface area (Å²) in [5, 5.41) is 14.0. The highest BCUT2D eigenvalue weighted by atomic mass is 19.1. The number of carbonyl (C=O) groups excluding carboxylic acids is 2. The zero-order chi connectivity index (χ0) is 22.2. The predicted octanol–water partition coefficient (Wildman–Crippen LogP) is 1.71. The number of nitrogens with zero attached hydrogens (tertiary/aromatic N) is 5. The van der Waals surface area contributed by atoms with Crippen LogP contribution in [0.15, 0.2) is 48.3 Å². The van der Waals surface area contributed by atoms with Crippen LogP contribution in [0.1, 0.15) is 24.2 Å². The Hall–Kier alpha value is -3.63. The number of nitrogens with one attached hydrogen (secondary N) is 1. The van der Waals surface area contributed by atoms with E-state index in [0.29, 0.717) is 5.56 Å². The maximum atomic E-state index is 15.4. The van der Waals surface area contributed by atoms with Crippen molar-refractivity contribution in [3.05, 3.63) is 65.5 Å². The van der Waals surface area contributed by atoms with E-state index in [0.717, 1.165) is 0 Å². The normalized spacial score (nSPS) is 25.4. The summed E-state index contributed by atoms with van der Waals surface area (Å²) in [6.45, 7) is 1.55. The molecule has 1 aliphatic carbocycles. The fraction of sp³-hybridized carbons (Fsp3) is 0.350. The Labute approximate surface area is 176 Å². The van der Waals surface area contributed by atoms with Crippen molar-refractivity contribution in [3.8, 4) is 0 Å². The average molecular weight is 430 g/mol. The molecular weight excluding hydrogens is 410 g/mol. The molecule has 0 spiro atoms. The first-order chi connectivity index (χ1) is 14.8. The zero-order valence-electron chi connectivity index (χ0n) is 16.8. The van der Waals surface area contributed by atoms with Crippen LogP contribution in [0.5, 0.6) is 0 Å². The van der Waals surface area contributed by atoms with Gasteiger partial charge >= 0.3 is 6.09 Å². The molecule has 2 aromatic rings. The lowest BCUT2D eigenvalue weighted by Gasteiger charge is -2.36. The standard InChI is InChI=1S/C20H20F2N6O3/c1-12(29)23-10-15-11-28(19(30)31-15)20(18-24-25-26-27(18)2)7-6-16(17(22)9-20)13-4-3-5-14(21)8-13/h3-9,15-16H,10-11H2,1-2H3,(H,23,29)/t15-,16?,20?/m0/s1. The van der Waals surface area contributed by atoms with E-state index < -0.39 is 35.3 Å². The molecule has 3 atom stereocenters. The summed E-state index contributed by atoms with van der Waals surface area (Å²) in [6.07, 6.45) is 3.08. The van der Waals surface area contributed by atoms with Gasteiger partial charge in [-0.15, -0.1) is 5.10 Å². The smallest absolute Gasteiger partial charge is 0.411 e. The van der Waals surface area contributed by atoms with E-state index in [4.69, 9.17) is 4.74 Å². The highest BCUT2D eigenvalue weighted by molar-refractivity contribution is 5.74. The molecule has 1 N–H and O–H groups in total. The second-order valence-corrected chi connectivity index (χ2v) is 7.43. The third-order valence-electron chi connectivity index (χ3n) is 5.28. The van der Waals surface area contributed by atoms with Gasteiger partial charge in [0.2, 0.25) is 5.91 Å². The van der Waals surface area contributed by atoms with E-state index in [1.807, 2.05) is 0 Å². The average Bonchev–Trinajstić information content (AvgIpc) is 3.32. The van der Waals surface area contributed by atoms with Crippen LogP contribution in [0.2, 0.25) is 0 Å². The molecular formula is C20H20F2N6O3. The highest BCUT2D eigenvalue weighted by Gasteiger charge is 2.49. The lowest BCUT2D eigenvalue weighted by Crippen LogP contribution is -2.48. The van der Waals surface area contributed by atoms with Crippen molar-refractivity contribution in [2.24, 2.45) is 7.05 Å². The van der Waals surface area contributed by atoms with E-state index in [2.05, 4.69) is 20.8 Å². The van der Waals surface area contributed by atoms with Gasteiger partial charge < -0.3 is 10.1 Å².